The van der Waals surface area contributed by atoms with Crippen LogP contribution in [0.1, 0.15) is 6.92 Å². The number of nitrogens with two attached hydrogens (primary N) is 1. The fourth-order valence-electron chi connectivity index (χ4n) is 1.63. The van der Waals surface area contributed by atoms with Crippen molar-refractivity contribution in [2.75, 3.05) is 12.4 Å². The number of fused-ring (bicyclic) bond motifs is 1. The molecule has 0 aliphatic carbocycles. The first-order chi connectivity index (χ1) is 7.16. The third kappa shape index (κ3) is 1.53. The van der Waals surface area contributed by atoms with Gasteiger partial charge >= 0.3 is 5.97 Å². The van der Waals surface area contributed by atoms with Gasteiger partial charge < -0.3 is 10.5 Å². The molecule has 2 heterocycles. The smallest absolute Gasteiger partial charge is 0.354 e. The Kier molecular flexibility index (Phi) is 2.70. The highest BCUT2D eigenvalue weighted by atomic mass is 32.2. The van der Waals surface area contributed by atoms with E-state index in [9.17, 15) is 9.59 Å². The summed E-state index contributed by atoms with van der Waals surface area (Å²) in [7, 11) is 0. The third-order valence-electron chi connectivity index (χ3n) is 2.37. The van der Waals surface area contributed by atoms with E-state index in [1.165, 1.54) is 4.90 Å². The van der Waals surface area contributed by atoms with Gasteiger partial charge in [-0.1, -0.05) is 0 Å². The summed E-state index contributed by atoms with van der Waals surface area (Å²) in [6.45, 7) is 2.04. The number of amides is 1. The first-order valence-corrected chi connectivity index (χ1v) is 5.79. The fraction of sp³-hybridized carbons (Fsp3) is 0.556. The Morgan fingerprint density at radius 2 is 2.53 bits per heavy atom. The van der Waals surface area contributed by atoms with Crippen molar-refractivity contribution in [1.82, 2.24) is 4.90 Å². The Morgan fingerprint density at radius 3 is 3.20 bits per heavy atom. The zero-order valence-corrected chi connectivity index (χ0v) is 9.12. The summed E-state index contributed by atoms with van der Waals surface area (Å²) in [4.78, 5) is 24.4. The van der Waals surface area contributed by atoms with Crippen LogP contribution in [-0.4, -0.2) is 40.6 Å². The van der Waals surface area contributed by atoms with Crippen LogP contribution < -0.4 is 5.73 Å². The van der Waals surface area contributed by atoms with E-state index in [1.807, 2.05) is 0 Å². The molecule has 2 rings (SSSR count). The number of carbonyl (C=O) groups is 2. The van der Waals surface area contributed by atoms with Crippen LogP contribution >= 0.6 is 11.8 Å². The Morgan fingerprint density at radius 1 is 1.80 bits per heavy atom. The molecule has 2 aliphatic heterocycles. The quantitative estimate of drug-likeness (QED) is 0.518. The van der Waals surface area contributed by atoms with Crippen molar-refractivity contribution in [2.45, 2.75) is 18.3 Å². The van der Waals surface area contributed by atoms with Crippen molar-refractivity contribution in [2.24, 2.45) is 5.73 Å². The van der Waals surface area contributed by atoms with Gasteiger partial charge in [0.05, 0.1) is 6.61 Å². The van der Waals surface area contributed by atoms with Crippen LogP contribution in [-0.2, 0) is 14.3 Å². The summed E-state index contributed by atoms with van der Waals surface area (Å²) in [5.41, 5.74) is 5.96. The molecule has 0 spiro atoms. The predicted octanol–water partition coefficient (Wildman–Crippen LogP) is -0.324. The summed E-state index contributed by atoms with van der Waals surface area (Å²) in [6, 6.07) is -0.479. The molecule has 2 aliphatic rings. The molecule has 5 nitrogen and oxygen atoms in total. The second-order valence-electron chi connectivity index (χ2n) is 3.27. The van der Waals surface area contributed by atoms with Crippen molar-refractivity contribution < 1.29 is 14.3 Å². The summed E-state index contributed by atoms with van der Waals surface area (Å²) in [5.74, 6) is 0.0468. The Balaban J connectivity index is 2.15. The molecule has 0 saturated carbocycles. The van der Waals surface area contributed by atoms with Gasteiger partial charge in [0.1, 0.15) is 17.1 Å². The summed E-state index contributed by atoms with van der Waals surface area (Å²) in [6.07, 6.45) is 1.71. The number of ether oxygens (including phenoxy) is 1. The lowest BCUT2D eigenvalue weighted by atomic mass is 10.1. The summed E-state index contributed by atoms with van der Waals surface area (Å²) in [5, 5.41) is -0.0955. The van der Waals surface area contributed by atoms with E-state index < -0.39 is 12.0 Å². The highest BCUT2D eigenvalue weighted by Gasteiger charge is 2.50. The largest absolute Gasteiger partial charge is 0.461 e. The van der Waals surface area contributed by atoms with Crippen molar-refractivity contribution in [1.29, 1.82) is 0 Å². The highest BCUT2D eigenvalue weighted by Crippen LogP contribution is 2.36. The number of hydrogen-bond acceptors (Lipinski definition) is 5. The molecule has 1 saturated heterocycles. The molecule has 2 N–H and O–H groups in total. The van der Waals surface area contributed by atoms with Crippen molar-refractivity contribution in [3.05, 3.63) is 11.8 Å². The fourth-order valence-corrected chi connectivity index (χ4v) is 2.77. The molecule has 2 atom stereocenters. The van der Waals surface area contributed by atoms with Gasteiger partial charge in [0, 0.05) is 5.75 Å². The molecule has 82 valence electrons. The number of nitrogens with zero attached hydrogens (tertiary/aromatic N) is 1. The molecule has 15 heavy (non-hydrogen) atoms. The molecular weight excluding hydrogens is 216 g/mol. The van der Waals surface area contributed by atoms with Gasteiger partial charge in [0.25, 0.3) is 0 Å². The van der Waals surface area contributed by atoms with Crippen LogP contribution in [0.25, 0.3) is 0 Å². The molecule has 1 amide bonds. The first kappa shape index (κ1) is 10.5. The van der Waals surface area contributed by atoms with E-state index in [2.05, 4.69) is 0 Å². The Bertz CT molecular complexity index is 342. The van der Waals surface area contributed by atoms with Gasteiger partial charge in [0.2, 0.25) is 5.91 Å². The number of thioether (sulfide) groups is 1. The van der Waals surface area contributed by atoms with Gasteiger partial charge in [-0.25, -0.2) is 4.79 Å². The Hall–Kier alpha value is -1.01. The minimum atomic E-state index is -0.479. The molecule has 0 bridgehead atoms. The van der Waals surface area contributed by atoms with E-state index in [0.717, 1.165) is 0 Å². The molecule has 0 aromatic carbocycles. The minimum absolute atomic E-state index is 0.0955. The average molecular weight is 228 g/mol. The lowest BCUT2D eigenvalue weighted by molar-refractivity contribution is -0.150. The Labute approximate surface area is 91.6 Å². The predicted molar refractivity (Wildman–Crippen MR) is 55.8 cm³/mol. The maximum absolute atomic E-state index is 11.5. The van der Waals surface area contributed by atoms with E-state index in [1.54, 1.807) is 24.8 Å². The van der Waals surface area contributed by atoms with Crippen LogP contribution in [0, 0.1) is 0 Å². The zero-order chi connectivity index (χ0) is 11.0. The number of carbonyl (C=O) groups excluding carboxylic acids is 2. The molecule has 0 aromatic rings. The van der Waals surface area contributed by atoms with Crippen LogP contribution in [0.3, 0.4) is 0 Å². The van der Waals surface area contributed by atoms with Gasteiger partial charge in [-0.15, -0.1) is 11.8 Å². The zero-order valence-electron chi connectivity index (χ0n) is 8.30. The van der Waals surface area contributed by atoms with Crippen LogP contribution in [0.4, 0.5) is 0 Å². The number of esters is 1. The molecule has 0 radical (unpaired) electrons. The maximum atomic E-state index is 11.5. The van der Waals surface area contributed by atoms with E-state index in [0.29, 0.717) is 18.1 Å². The second-order valence-corrected chi connectivity index (χ2v) is 4.42. The highest BCUT2D eigenvalue weighted by molar-refractivity contribution is 8.00. The lowest BCUT2D eigenvalue weighted by Crippen LogP contribution is -2.68. The molecule has 1 unspecified atom stereocenters. The van der Waals surface area contributed by atoms with Crippen molar-refractivity contribution in [3.8, 4) is 0 Å². The molecule has 0 aromatic heterocycles. The maximum Gasteiger partial charge on any atom is 0.354 e. The summed E-state index contributed by atoms with van der Waals surface area (Å²) < 4.78 is 4.87. The lowest BCUT2D eigenvalue weighted by Gasteiger charge is -2.46. The molecular formula is C9H12N2O3S. The van der Waals surface area contributed by atoms with E-state index in [-0.39, 0.29) is 11.3 Å². The second kappa shape index (κ2) is 3.86. The van der Waals surface area contributed by atoms with Gasteiger partial charge in [-0.3, -0.25) is 9.69 Å². The number of hydrogen-bond donors (Lipinski definition) is 1. The third-order valence-corrected chi connectivity index (χ3v) is 3.58. The minimum Gasteiger partial charge on any atom is -0.461 e. The van der Waals surface area contributed by atoms with Crippen molar-refractivity contribution in [3.63, 3.8) is 0 Å². The monoisotopic (exact) mass is 228 g/mol. The van der Waals surface area contributed by atoms with Crippen molar-refractivity contribution >= 4 is 23.6 Å². The van der Waals surface area contributed by atoms with Crippen LogP contribution in [0.15, 0.2) is 11.8 Å². The SMILES string of the molecule is CCOC(=O)C1=CCS[C@H]2C(N)C(=O)N12. The van der Waals surface area contributed by atoms with Gasteiger partial charge in [-0.05, 0) is 13.0 Å². The molecule has 6 heteroatoms. The number of rotatable bonds is 2. The normalized spacial score (nSPS) is 29.1. The standard InChI is InChI=1S/C9H12N2O3S/c1-2-14-9(13)5-3-4-15-8-6(10)7(12)11(5)8/h3,6,8H,2,4,10H2,1H3/t6?,8-/m0/s1. The summed E-state index contributed by atoms with van der Waals surface area (Å²) >= 11 is 1.56. The average Bonchev–Trinajstić information content (AvgIpc) is 2.27. The number of β-lactam (4-membered cyclic amide) rings is 1. The first-order valence-electron chi connectivity index (χ1n) is 4.74. The molecule has 1 fully saturated rings. The van der Waals surface area contributed by atoms with Gasteiger partial charge in [-0.2, -0.15) is 0 Å². The van der Waals surface area contributed by atoms with E-state index >= 15 is 0 Å². The van der Waals surface area contributed by atoms with Gasteiger partial charge in [0.15, 0.2) is 0 Å². The topological polar surface area (TPSA) is 72.6 Å². The van der Waals surface area contributed by atoms with E-state index in [4.69, 9.17) is 10.5 Å². The van der Waals surface area contributed by atoms with Crippen LogP contribution in [0.2, 0.25) is 0 Å². The van der Waals surface area contributed by atoms with Crippen LogP contribution in [0.5, 0.6) is 0 Å².